The molecule has 0 saturated heterocycles. The number of hydrogen-bond acceptors (Lipinski definition) is 2. The van der Waals surface area contributed by atoms with Crippen molar-refractivity contribution in [2.24, 2.45) is 11.3 Å². The van der Waals surface area contributed by atoms with Crippen LogP contribution >= 0.6 is 24.4 Å². The first-order chi connectivity index (χ1) is 6.85. The quantitative estimate of drug-likeness (QED) is 0.696. The Morgan fingerprint density at radius 1 is 1.14 bits per heavy atom. The van der Waals surface area contributed by atoms with Crippen molar-refractivity contribution in [3.05, 3.63) is 0 Å². The molecule has 0 radical (unpaired) electrons. The van der Waals surface area contributed by atoms with Crippen LogP contribution in [0.4, 0.5) is 0 Å². The number of rotatable bonds is 5. The van der Waals surface area contributed by atoms with Gasteiger partial charge in [0.2, 0.25) is 0 Å². The Morgan fingerprint density at radius 2 is 1.86 bits per heavy atom. The normalized spacial score (nSPS) is 26.4. The van der Waals surface area contributed by atoms with Crippen molar-refractivity contribution < 1.29 is 0 Å². The summed E-state index contributed by atoms with van der Waals surface area (Å²) in [6.45, 7) is 0. The molecule has 0 aromatic carbocycles. The zero-order valence-electron chi connectivity index (χ0n) is 9.00. The van der Waals surface area contributed by atoms with Gasteiger partial charge < -0.3 is 0 Å². The van der Waals surface area contributed by atoms with Crippen LogP contribution < -0.4 is 0 Å². The summed E-state index contributed by atoms with van der Waals surface area (Å²) in [6.07, 6.45) is 10.3. The fraction of sp³-hybridized carbons (Fsp3) is 1.00. The first-order valence-corrected chi connectivity index (χ1v) is 7.82. The van der Waals surface area contributed by atoms with E-state index in [2.05, 4.69) is 24.4 Å². The van der Waals surface area contributed by atoms with Gasteiger partial charge in [0.25, 0.3) is 0 Å². The van der Waals surface area contributed by atoms with E-state index in [-0.39, 0.29) is 0 Å². The lowest BCUT2D eigenvalue weighted by Gasteiger charge is -2.40. The van der Waals surface area contributed by atoms with Crippen molar-refractivity contribution in [2.45, 2.75) is 44.9 Å². The number of thiol groups is 1. The second kappa shape index (κ2) is 5.16. The van der Waals surface area contributed by atoms with E-state index in [0.717, 1.165) is 11.7 Å². The van der Waals surface area contributed by atoms with E-state index in [1.165, 1.54) is 56.5 Å². The third kappa shape index (κ3) is 2.63. The van der Waals surface area contributed by atoms with E-state index in [4.69, 9.17) is 0 Å². The lowest BCUT2D eigenvalue weighted by molar-refractivity contribution is 0.205. The van der Waals surface area contributed by atoms with Gasteiger partial charge in [-0.3, -0.25) is 0 Å². The van der Waals surface area contributed by atoms with Crippen molar-refractivity contribution >= 4 is 24.4 Å². The maximum atomic E-state index is 4.50. The summed E-state index contributed by atoms with van der Waals surface area (Å²) in [5, 5.41) is 0. The first kappa shape index (κ1) is 11.2. The molecular weight excluding hydrogens is 208 g/mol. The molecule has 0 heterocycles. The Kier molecular flexibility index (Phi) is 4.12. The first-order valence-electron chi connectivity index (χ1n) is 6.03. The fourth-order valence-electron chi connectivity index (χ4n) is 2.64. The Hall–Kier alpha value is 0.700. The molecule has 0 bridgehead atoms. The smallest absolute Gasteiger partial charge is 0.000289 e. The van der Waals surface area contributed by atoms with Crippen LogP contribution in [0.2, 0.25) is 0 Å². The van der Waals surface area contributed by atoms with Crippen LogP contribution in [-0.2, 0) is 0 Å². The molecule has 0 aliphatic heterocycles. The summed E-state index contributed by atoms with van der Waals surface area (Å²) >= 11 is 6.71. The summed E-state index contributed by atoms with van der Waals surface area (Å²) in [5.74, 6) is 4.98. The second-order valence-electron chi connectivity index (χ2n) is 5.18. The second-order valence-corrected chi connectivity index (χ2v) is 6.52. The standard InChI is InChI=1S/C12H22S2/c13-9-12(6-3-7-12)10-14-8-11-4-1-2-5-11/h11,13H,1-10H2. The summed E-state index contributed by atoms with van der Waals surface area (Å²) in [6, 6.07) is 0. The molecule has 0 atom stereocenters. The molecule has 0 spiro atoms. The molecule has 2 aliphatic carbocycles. The Labute approximate surface area is 98.0 Å². The third-order valence-corrected chi connectivity index (χ3v) is 6.18. The minimum atomic E-state index is 0.645. The highest BCUT2D eigenvalue weighted by Crippen LogP contribution is 2.44. The largest absolute Gasteiger partial charge is 0.179 e. The highest BCUT2D eigenvalue weighted by atomic mass is 32.2. The van der Waals surface area contributed by atoms with Crippen molar-refractivity contribution in [2.75, 3.05) is 17.3 Å². The Balaban J connectivity index is 1.61. The fourth-order valence-corrected chi connectivity index (χ4v) is 4.83. The van der Waals surface area contributed by atoms with Gasteiger partial charge in [-0.05, 0) is 54.3 Å². The van der Waals surface area contributed by atoms with Crippen LogP contribution in [0.3, 0.4) is 0 Å². The lowest BCUT2D eigenvalue weighted by atomic mass is 9.72. The van der Waals surface area contributed by atoms with Crippen LogP contribution in [0.5, 0.6) is 0 Å². The molecule has 2 rings (SSSR count). The van der Waals surface area contributed by atoms with Gasteiger partial charge >= 0.3 is 0 Å². The van der Waals surface area contributed by atoms with Gasteiger partial charge in [0.15, 0.2) is 0 Å². The molecule has 2 fully saturated rings. The molecular formula is C12H22S2. The van der Waals surface area contributed by atoms with Gasteiger partial charge in [-0.2, -0.15) is 24.4 Å². The predicted molar refractivity (Wildman–Crippen MR) is 69.4 cm³/mol. The summed E-state index contributed by atoms with van der Waals surface area (Å²) < 4.78 is 0. The van der Waals surface area contributed by atoms with Crippen molar-refractivity contribution in [3.63, 3.8) is 0 Å². The van der Waals surface area contributed by atoms with E-state index in [9.17, 15) is 0 Å². The van der Waals surface area contributed by atoms with Gasteiger partial charge in [-0.25, -0.2) is 0 Å². The van der Waals surface area contributed by atoms with Crippen LogP contribution in [0, 0.1) is 11.3 Å². The molecule has 0 N–H and O–H groups in total. The van der Waals surface area contributed by atoms with Crippen molar-refractivity contribution in [3.8, 4) is 0 Å². The number of thioether (sulfide) groups is 1. The minimum Gasteiger partial charge on any atom is -0.179 e. The molecule has 14 heavy (non-hydrogen) atoms. The van der Waals surface area contributed by atoms with Gasteiger partial charge in [-0.1, -0.05) is 19.3 Å². The van der Waals surface area contributed by atoms with Crippen LogP contribution in [-0.4, -0.2) is 17.3 Å². The summed E-state index contributed by atoms with van der Waals surface area (Å²) in [4.78, 5) is 0. The molecule has 82 valence electrons. The zero-order chi connectivity index (χ0) is 9.86. The van der Waals surface area contributed by atoms with Gasteiger partial charge in [-0.15, -0.1) is 0 Å². The topological polar surface area (TPSA) is 0 Å². The maximum absolute atomic E-state index is 4.50. The van der Waals surface area contributed by atoms with Crippen LogP contribution in [0.15, 0.2) is 0 Å². The minimum absolute atomic E-state index is 0.645. The predicted octanol–water partition coefficient (Wildman–Crippen LogP) is 4.01. The summed E-state index contributed by atoms with van der Waals surface area (Å²) in [7, 11) is 0. The molecule has 2 saturated carbocycles. The van der Waals surface area contributed by atoms with E-state index in [0.29, 0.717) is 5.41 Å². The lowest BCUT2D eigenvalue weighted by Crippen LogP contribution is -2.34. The SMILES string of the molecule is SCC1(CSCC2CCCC2)CCC1. The van der Waals surface area contributed by atoms with E-state index < -0.39 is 0 Å². The van der Waals surface area contributed by atoms with Crippen LogP contribution in [0.1, 0.15) is 44.9 Å². The molecule has 2 aliphatic rings. The Bertz CT molecular complexity index is 164. The Morgan fingerprint density at radius 3 is 2.36 bits per heavy atom. The van der Waals surface area contributed by atoms with E-state index in [1.807, 2.05) is 0 Å². The molecule has 0 nitrogen and oxygen atoms in total. The van der Waals surface area contributed by atoms with Gasteiger partial charge in [0.1, 0.15) is 0 Å². The molecule has 0 amide bonds. The molecule has 0 aromatic rings. The highest BCUT2D eigenvalue weighted by molar-refractivity contribution is 7.99. The molecule has 0 aromatic heterocycles. The molecule has 2 heteroatoms. The molecule has 0 unspecified atom stereocenters. The highest BCUT2D eigenvalue weighted by Gasteiger charge is 2.35. The summed E-state index contributed by atoms with van der Waals surface area (Å²) in [5.41, 5.74) is 0.645. The zero-order valence-corrected chi connectivity index (χ0v) is 10.7. The van der Waals surface area contributed by atoms with E-state index in [1.54, 1.807) is 0 Å². The van der Waals surface area contributed by atoms with Crippen molar-refractivity contribution in [1.29, 1.82) is 0 Å². The van der Waals surface area contributed by atoms with E-state index >= 15 is 0 Å². The van der Waals surface area contributed by atoms with Gasteiger partial charge in [0.05, 0.1) is 0 Å². The third-order valence-electron chi connectivity index (χ3n) is 3.99. The average molecular weight is 230 g/mol. The maximum Gasteiger partial charge on any atom is -0.000289 e. The monoisotopic (exact) mass is 230 g/mol. The average Bonchev–Trinajstić information content (AvgIpc) is 2.62. The van der Waals surface area contributed by atoms with Gasteiger partial charge in [0, 0.05) is 0 Å². The van der Waals surface area contributed by atoms with Crippen molar-refractivity contribution in [1.82, 2.24) is 0 Å². The van der Waals surface area contributed by atoms with Crippen LogP contribution in [0.25, 0.3) is 0 Å². The number of hydrogen-bond donors (Lipinski definition) is 1.